The smallest absolute Gasteiger partial charge is 0.408 e. The SMILES string of the molecule is CC(C)(C)OC(=O)NC/C(F)=C\CO[Si](c1ccccc1)(c1ccccc1)C(C)(C)C. The predicted octanol–water partition coefficient (Wildman–Crippen LogP) is 4.94. The molecule has 31 heavy (non-hydrogen) atoms. The van der Waals surface area contributed by atoms with Crippen molar-refractivity contribution >= 4 is 24.8 Å². The quantitative estimate of drug-likeness (QED) is 0.617. The summed E-state index contributed by atoms with van der Waals surface area (Å²) in [5.74, 6) is -0.469. The second kappa shape index (κ2) is 10.2. The van der Waals surface area contributed by atoms with E-state index in [1.807, 2.05) is 36.4 Å². The van der Waals surface area contributed by atoms with E-state index in [2.05, 4.69) is 50.4 Å². The highest BCUT2D eigenvalue weighted by atomic mass is 28.4. The molecule has 0 saturated heterocycles. The number of rotatable bonds is 7. The minimum atomic E-state index is -2.72. The normalized spacial score (nSPS) is 13.1. The number of halogens is 1. The lowest BCUT2D eigenvalue weighted by Crippen LogP contribution is -2.66. The van der Waals surface area contributed by atoms with Crippen LogP contribution in [0.2, 0.25) is 5.04 Å². The van der Waals surface area contributed by atoms with Crippen LogP contribution in [0.1, 0.15) is 41.5 Å². The average Bonchev–Trinajstić information content (AvgIpc) is 2.69. The number of alkyl carbamates (subject to hydrolysis) is 1. The molecule has 2 aromatic carbocycles. The third-order valence-electron chi connectivity index (χ3n) is 4.82. The molecule has 1 amide bonds. The van der Waals surface area contributed by atoms with Crippen LogP contribution in [0.25, 0.3) is 0 Å². The summed E-state index contributed by atoms with van der Waals surface area (Å²) >= 11 is 0. The predicted molar refractivity (Wildman–Crippen MR) is 127 cm³/mol. The Balaban J connectivity index is 2.23. The minimum Gasteiger partial charge on any atom is -0.444 e. The summed E-state index contributed by atoms with van der Waals surface area (Å²) in [6.45, 7) is 11.7. The fourth-order valence-corrected chi connectivity index (χ4v) is 8.05. The Morgan fingerprint density at radius 3 is 1.84 bits per heavy atom. The molecule has 2 aromatic rings. The molecule has 0 saturated carbocycles. The number of amides is 1. The molecule has 0 atom stereocenters. The van der Waals surface area contributed by atoms with Gasteiger partial charge in [-0.15, -0.1) is 0 Å². The molecular formula is C25H34FNO3Si. The molecule has 0 unspecified atom stereocenters. The van der Waals surface area contributed by atoms with E-state index in [1.165, 1.54) is 6.08 Å². The lowest BCUT2D eigenvalue weighted by molar-refractivity contribution is 0.0529. The monoisotopic (exact) mass is 443 g/mol. The molecule has 0 aromatic heterocycles. The van der Waals surface area contributed by atoms with E-state index in [9.17, 15) is 9.18 Å². The van der Waals surface area contributed by atoms with E-state index in [1.54, 1.807) is 20.8 Å². The van der Waals surface area contributed by atoms with Crippen molar-refractivity contribution in [1.82, 2.24) is 5.32 Å². The zero-order chi connectivity index (χ0) is 23.1. The Labute approximate surface area is 186 Å². The first kappa shape index (κ1) is 24.8. The van der Waals surface area contributed by atoms with Crippen molar-refractivity contribution < 1.29 is 18.3 Å². The van der Waals surface area contributed by atoms with Gasteiger partial charge in [-0.3, -0.25) is 0 Å². The number of hydrogen-bond acceptors (Lipinski definition) is 3. The van der Waals surface area contributed by atoms with Gasteiger partial charge in [0.25, 0.3) is 8.32 Å². The highest BCUT2D eigenvalue weighted by Crippen LogP contribution is 2.36. The molecule has 168 valence electrons. The fourth-order valence-electron chi connectivity index (χ4n) is 3.56. The molecule has 0 spiro atoms. The second-order valence-corrected chi connectivity index (χ2v) is 13.8. The van der Waals surface area contributed by atoms with Gasteiger partial charge in [0.1, 0.15) is 11.4 Å². The van der Waals surface area contributed by atoms with Gasteiger partial charge in [0, 0.05) is 0 Å². The standard InChI is InChI=1S/C25H34FNO3Si/c1-24(2,3)30-23(28)27-19-20(26)17-18-29-31(25(4,5)6,21-13-9-7-10-14-21)22-15-11-8-12-16-22/h7-17H,18-19H2,1-6H3,(H,27,28)/b20-17+. The Kier molecular flexibility index (Phi) is 8.20. The van der Waals surface area contributed by atoms with Crippen LogP contribution in [0.5, 0.6) is 0 Å². The summed E-state index contributed by atoms with van der Waals surface area (Å²) in [7, 11) is -2.72. The number of carbonyl (C=O) groups excluding carboxylic acids is 1. The summed E-state index contributed by atoms with van der Waals surface area (Å²) in [4.78, 5) is 11.7. The van der Waals surface area contributed by atoms with Crippen molar-refractivity contribution in [1.29, 1.82) is 0 Å². The number of benzene rings is 2. The molecule has 1 N–H and O–H groups in total. The lowest BCUT2D eigenvalue weighted by atomic mass is 10.2. The van der Waals surface area contributed by atoms with Crippen molar-refractivity contribution in [2.24, 2.45) is 0 Å². The molecule has 6 heteroatoms. The minimum absolute atomic E-state index is 0.106. The molecule has 0 heterocycles. The third-order valence-corrected chi connectivity index (χ3v) is 9.83. The van der Waals surface area contributed by atoms with Crippen LogP contribution in [0.3, 0.4) is 0 Å². The zero-order valence-electron chi connectivity index (χ0n) is 19.4. The summed E-state index contributed by atoms with van der Waals surface area (Å²) in [6, 6.07) is 20.4. The van der Waals surface area contributed by atoms with Crippen LogP contribution >= 0.6 is 0 Å². The molecule has 0 aliphatic carbocycles. The molecule has 0 aliphatic rings. The number of ether oxygens (including phenoxy) is 1. The molecule has 0 bridgehead atoms. The molecule has 4 nitrogen and oxygen atoms in total. The largest absolute Gasteiger partial charge is 0.444 e. The van der Waals surface area contributed by atoms with Gasteiger partial charge < -0.3 is 14.5 Å². The van der Waals surface area contributed by atoms with Crippen LogP contribution in [-0.2, 0) is 9.16 Å². The van der Waals surface area contributed by atoms with Gasteiger partial charge in [0.2, 0.25) is 0 Å². The van der Waals surface area contributed by atoms with Gasteiger partial charge in [-0.05, 0) is 42.3 Å². The highest BCUT2D eigenvalue weighted by Gasteiger charge is 2.49. The maximum atomic E-state index is 14.4. The van der Waals surface area contributed by atoms with Crippen molar-refractivity contribution in [3.8, 4) is 0 Å². The molecule has 0 aliphatic heterocycles. The number of hydrogen-bond donors (Lipinski definition) is 1. The average molecular weight is 444 g/mol. The van der Waals surface area contributed by atoms with Gasteiger partial charge in [0.05, 0.1) is 13.2 Å². The third kappa shape index (κ3) is 6.77. The summed E-state index contributed by atoms with van der Waals surface area (Å²) in [6.07, 6.45) is 0.737. The topological polar surface area (TPSA) is 47.6 Å². The maximum Gasteiger partial charge on any atom is 0.408 e. The first-order valence-electron chi connectivity index (χ1n) is 10.5. The van der Waals surface area contributed by atoms with Gasteiger partial charge in [-0.25, -0.2) is 9.18 Å². The van der Waals surface area contributed by atoms with E-state index in [0.717, 1.165) is 10.4 Å². The summed E-state index contributed by atoms with van der Waals surface area (Å²) in [5.41, 5.74) is -0.628. The molecule has 0 radical (unpaired) electrons. The van der Waals surface area contributed by atoms with E-state index in [0.29, 0.717) is 0 Å². The van der Waals surface area contributed by atoms with Crippen LogP contribution in [0.15, 0.2) is 72.6 Å². The van der Waals surface area contributed by atoms with Gasteiger partial charge >= 0.3 is 6.09 Å². The van der Waals surface area contributed by atoms with E-state index >= 15 is 0 Å². The van der Waals surface area contributed by atoms with E-state index < -0.39 is 25.8 Å². The van der Waals surface area contributed by atoms with Crippen molar-refractivity contribution in [2.75, 3.05) is 13.2 Å². The number of carbonyl (C=O) groups is 1. The van der Waals surface area contributed by atoms with Gasteiger partial charge in [-0.1, -0.05) is 81.4 Å². The van der Waals surface area contributed by atoms with Gasteiger partial charge in [-0.2, -0.15) is 0 Å². The summed E-state index contributed by atoms with van der Waals surface area (Å²) < 4.78 is 26.1. The summed E-state index contributed by atoms with van der Waals surface area (Å²) in [5, 5.41) is 4.51. The molecular weight excluding hydrogens is 409 g/mol. The molecule has 2 rings (SSSR count). The maximum absolute atomic E-state index is 14.4. The van der Waals surface area contributed by atoms with E-state index in [-0.39, 0.29) is 18.2 Å². The van der Waals surface area contributed by atoms with Crippen LogP contribution in [0, 0.1) is 0 Å². The zero-order valence-corrected chi connectivity index (χ0v) is 20.4. The van der Waals surface area contributed by atoms with E-state index in [4.69, 9.17) is 9.16 Å². The lowest BCUT2D eigenvalue weighted by Gasteiger charge is -2.42. The Bertz CT molecular complexity index is 832. The first-order chi connectivity index (χ1) is 14.5. The molecule has 0 fully saturated rings. The van der Waals surface area contributed by atoms with Crippen LogP contribution in [-0.4, -0.2) is 33.2 Å². The fraction of sp³-hybridized carbons (Fsp3) is 0.400. The van der Waals surface area contributed by atoms with Crippen molar-refractivity contribution in [3.63, 3.8) is 0 Å². The van der Waals surface area contributed by atoms with Crippen molar-refractivity contribution in [2.45, 2.75) is 52.2 Å². The van der Waals surface area contributed by atoms with Crippen LogP contribution in [0.4, 0.5) is 9.18 Å². The highest BCUT2D eigenvalue weighted by molar-refractivity contribution is 6.99. The Morgan fingerprint density at radius 2 is 1.42 bits per heavy atom. The second-order valence-electron chi connectivity index (χ2n) is 9.48. The van der Waals surface area contributed by atoms with Crippen molar-refractivity contribution in [3.05, 3.63) is 72.6 Å². The van der Waals surface area contributed by atoms with Crippen LogP contribution < -0.4 is 15.7 Å². The first-order valence-corrected chi connectivity index (χ1v) is 12.4. The number of nitrogens with one attached hydrogen (secondary N) is 1. The van der Waals surface area contributed by atoms with Gasteiger partial charge in [0.15, 0.2) is 0 Å². The Morgan fingerprint density at radius 1 is 0.935 bits per heavy atom. The Hall–Kier alpha value is -2.44.